The van der Waals surface area contributed by atoms with E-state index in [4.69, 9.17) is 5.11 Å². The molecular weight excluding hydrogens is 220 g/mol. The van der Waals surface area contributed by atoms with Gasteiger partial charge in [-0.3, -0.25) is 4.79 Å². The van der Waals surface area contributed by atoms with Crippen molar-refractivity contribution in [1.82, 2.24) is 10.2 Å². The minimum Gasteiger partial charge on any atom is -0.481 e. The number of carbonyl (C=O) groups excluding carboxylic acids is 1. The lowest BCUT2D eigenvalue weighted by Gasteiger charge is -2.31. The first-order valence-corrected chi connectivity index (χ1v) is 6.30. The number of hydrogen-bond acceptors (Lipinski definition) is 2. The summed E-state index contributed by atoms with van der Waals surface area (Å²) in [6, 6.07) is -0.146. The number of rotatable bonds is 6. The Kier molecular flexibility index (Phi) is 5.25. The number of amides is 2. The van der Waals surface area contributed by atoms with Gasteiger partial charge in [0.2, 0.25) is 0 Å². The van der Waals surface area contributed by atoms with E-state index in [1.165, 1.54) is 19.3 Å². The molecule has 1 aliphatic carbocycles. The monoisotopic (exact) mass is 242 g/mol. The molecule has 1 fully saturated rings. The zero-order valence-corrected chi connectivity index (χ0v) is 10.6. The van der Waals surface area contributed by atoms with E-state index in [2.05, 4.69) is 5.32 Å². The van der Waals surface area contributed by atoms with E-state index >= 15 is 0 Å². The molecule has 0 aromatic rings. The summed E-state index contributed by atoms with van der Waals surface area (Å²) in [5.74, 6) is -0.786. The number of nitrogens with one attached hydrogen (secondary N) is 1. The van der Waals surface area contributed by atoms with Gasteiger partial charge in [0.1, 0.15) is 0 Å². The highest BCUT2D eigenvalue weighted by molar-refractivity contribution is 5.75. The Bertz CT molecular complexity index is 277. The lowest BCUT2D eigenvalue weighted by molar-refractivity contribution is -0.140. The second kappa shape index (κ2) is 6.47. The van der Waals surface area contributed by atoms with Crippen molar-refractivity contribution in [2.45, 2.75) is 33.1 Å². The quantitative estimate of drug-likeness (QED) is 0.742. The molecule has 1 atom stereocenters. The molecule has 98 valence electrons. The van der Waals surface area contributed by atoms with Gasteiger partial charge in [-0.05, 0) is 25.7 Å². The normalized spacial score (nSPS) is 17.1. The molecule has 5 nitrogen and oxygen atoms in total. The van der Waals surface area contributed by atoms with Crippen molar-refractivity contribution < 1.29 is 14.7 Å². The number of carboxylic acid groups (broad SMARTS) is 1. The molecule has 17 heavy (non-hydrogen) atoms. The van der Waals surface area contributed by atoms with Crippen molar-refractivity contribution in [3.63, 3.8) is 0 Å². The number of hydrogen-bond donors (Lipinski definition) is 2. The predicted molar refractivity (Wildman–Crippen MR) is 64.8 cm³/mol. The summed E-state index contributed by atoms with van der Waals surface area (Å²) in [4.78, 5) is 24.2. The SMILES string of the molecule is CCN(CC1CCC1)C(=O)NCC(C)C(=O)O. The van der Waals surface area contributed by atoms with E-state index < -0.39 is 11.9 Å². The number of carboxylic acids is 1. The van der Waals surface area contributed by atoms with Crippen LogP contribution >= 0.6 is 0 Å². The van der Waals surface area contributed by atoms with Crippen LogP contribution in [0.25, 0.3) is 0 Å². The van der Waals surface area contributed by atoms with Crippen LogP contribution in [0.1, 0.15) is 33.1 Å². The first-order chi connectivity index (χ1) is 8.04. The minimum atomic E-state index is -0.882. The van der Waals surface area contributed by atoms with Crippen molar-refractivity contribution in [3.8, 4) is 0 Å². The molecule has 0 heterocycles. The van der Waals surface area contributed by atoms with Crippen LogP contribution in [0, 0.1) is 11.8 Å². The summed E-state index contributed by atoms with van der Waals surface area (Å²) in [7, 11) is 0. The Hall–Kier alpha value is -1.26. The standard InChI is InChI=1S/C12H22N2O3/c1-3-14(8-10-5-4-6-10)12(17)13-7-9(2)11(15)16/h9-10H,3-8H2,1-2H3,(H,13,17)(H,15,16). The third kappa shape index (κ3) is 4.24. The summed E-state index contributed by atoms with van der Waals surface area (Å²) in [5.41, 5.74) is 0. The second-order valence-corrected chi connectivity index (χ2v) is 4.76. The fraction of sp³-hybridized carbons (Fsp3) is 0.833. The van der Waals surface area contributed by atoms with E-state index in [-0.39, 0.29) is 12.6 Å². The van der Waals surface area contributed by atoms with Crippen molar-refractivity contribution in [2.24, 2.45) is 11.8 Å². The minimum absolute atomic E-state index is 0.146. The van der Waals surface area contributed by atoms with E-state index in [9.17, 15) is 9.59 Å². The number of nitrogens with zero attached hydrogens (tertiary/aromatic N) is 1. The first kappa shape index (κ1) is 13.8. The van der Waals surface area contributed by atoms with Crippen LogP contribution in [0.2, 0.25) is 0 Å². The molecule has 1 saturated carbocycles. The maximum atomic E-state index is 11.8. The van der Waals surface area contributed by atoms with Gasteiger partial charge < -0.3 is 15.3 Å². The molecule has 5 heteroatoms. The van der Waals surface area contributed by atoms with Gasteiger partial charge in [-0.15, -0.1) is 0 Å². The summed E-state index contributed by atoms with van der Waals surface area (Å²) in [5, 5.41) is 11.4. The highest BCUT2D eigenvalue weighted by atomic mass is 16.4. The smallest absolute Gasteiger partial charge is 0.317 e. The van der Waals surface area contributed by atoms with Gasteiger partial charge in [0.25, 0.3) is 0 Å². The second-order valence-electron chi connectivity index (χ2n) is 4.76. The van der Waals surface area contributed by atoms with Crippen LogP contribution in [0.3, 0.4) is 0 Å². The Morgan fingerprint density at radius 2 is 2.12 bits per heavy atom. The highest BCUT2D eigenvalue weighted by Gasteiger charge is 2.23. The Labute approximate surface area is 102 Å². The fourth-order valence-electron chi connectivity index (χ4n) is 1.78. The zero-order valence-electron chi connectivity index (χ0n) is 10.6. The lowest BCUT2D eigenvalue weighted by atomic mass is 9.85. The number of carbonyl (C=O) groups is 2. The summed E-state index contributed by atoms with van der Waals surface area (Å²) in [6.07, 6.45) is 3.67. The maximum absolute atomic E-state index is 11.8. The van der Waals surface area contributed by atoms with Crippen molar-refractivity contribution >= 4 is 12.0 Å². The molecule has 2 N–H and O–H groups in total. The van der Waals surface area contributed by atoms with E-state index in [1.54, 1.807) is 11.8 Å². The molecule has 0 aliphatic heterocycles. The summed E-state index contributed by atoms with van der Waals surface area (Å²) in [6.45, 7) is 5.19. The van der Waals surface area contributed by atoms with E-state index in [1.807, 2.05) is 6.92 Å². The molecule has 0 aromatic carbocycles. The topological polar surface area (TPSA) is 69.6 Å². The Morgan fingerprint density at radius 1 is 1.47 bits per heavy atom. The van der Waals surface area contributed by atoms with Crippen LogP contribution < -0.4 is 5.32 Å². The molecule has 2 amide bonds. The molecule has 0 radical (unpaired) electrons. The molecule has 0 saturated heterocycles. The van der Waals surface area contributed by atoms with Crippen LogP contribution in [-0.4, -0.2) is 41.6 Å². The average molecular weight is 242 g/mol. The number of aliphatic carboxylic acids is 1. The summed E-state index contributed by atoms with van der Waals surface area (Å²) >= 11 is 0. The largest absolute Gasteiger partial charge is 0.481 e. The van der Waals surface area contributed by atoms with Gasteiger partial charge in [-0.25, -0.2) is 4.79 Å². The molecular formula is C12H22N2O3. The van der Waals surface area contributed by atoms with Gasteiger partial charge >= 0.3 is 12.0 Å². The van der Waals surface area contributed by atoms with Crippen molar-refractivity contribution in [3.05, 3.63) is 0 Å². The lowest BCUT2D eigenvalue weighted by Crippen LogP contribution is -2.45. The molecule has 0 bridgehead atoms. The van der Waals surface area contributed by atoms with Gasteiger partial charge in [0.15, 0.2) is 0 Å². The fourth-order valence-corrected chi connectivity index (χ4v) is 1.78. The number of urea groups is 1. The highest BCUT2D eigenvalue weighted by Crippen LogP contribution is 2.26. The van der Waals surface area contributed by atoms with E-state index in [0.29, 0.717) is 12.5 Å². The Morgan fingerprint density at radius 3 is 2.53 bits per heavy atom. The predicted octanol–water partition coefficient (Wildman–Crippen LogP) is 1.54. The molecule has 0 aromatic heterocycles. The van der Waals surface area contributed by atoms with Gasteiger partial charge in [-0.1, -0.05) is 13.3 Å². The van der Waals surface area contributed by atoms with Crippen LogP contribution in [0.15, 0.2) is 0 Å². The molecule has 0 spiro atoms. The maximum Gasteiger partial charge on any atom is 0.317 e. The average Bonchev–Trinajstić information content (AvgIpc) is 2.24. The van der Waals surface area contributed by atoms with Crippen molar-refractivity contribution in [1.29, 1.82) is 0 Å². The molecule has 1 rings (SSSR count). The van der Waals surface area contributed by atoms with Gasteiger partial charge in [-0.2, -0.15) is 0 Å². The summed E-state index contributed by atoms with van der Waals surface area (Å²) < 4.78 is 0. The Balaban J connectivity index is 2.29. The van der Waals surface area contributed by atoms with Gasteiger partial charge in [0, 0.05) is 19.6 Å². The molecule has 1 aliphatic rings. The van der Waals surface area contributed by atoms with Crippen LogP contribution in [-0.2, 0) is 4.79 Å². The third-order valence-corrected chi connectivity index (χ3v) is 3.35. The van der Waals surface area contributed by atoms with E-state index in [0.717, 1.165) is 6.54 Å². The van der Waals surface area contributed by atoms with Gasteiger partial charge in [0.05, 0.1) is 5.92 Å². The van der Waals surface area contributed by atoms with Crippen molar-refractivity contribution in [2.75, 3.05) is 19.6 Å². The van der Waals surface area contributed by atoms with Crippen LogP contribution in [0.5, 0.6) is 0 Å². The zero-order chi connectivity index (χ0) is 12.8. The van der Waals surface area contributed by atoms with Crippen LogP contribution in [0.4, 0.5) is 4.79 Å². The third-order valence-electron chi connectivity index (χ3n) is 3.35. The molecule has 1 unspecified atom stereocenters. The first-order valence-electron chi connectivity index (χ1n) is 6.30.